The number of aryl methyl sites for hydroxylation is 1. The second kappa shape index (κ2) is 6.27. The third-order valence-corrected chi connectivity index (χ3v) is 4.13. The van der Waals surface area contributed by atoms with Gasteiger partial charge in [-0.1, -0.05) is 13.8 Å². The molecule has 0 spiro atoms. The fourth-order valence-electron chi connectivity index (χ4n) is 2.10. The van der Waals surface area contributed by atoms with Crippen molar-refractivity contribution in [1.82, 2.24) is 9.97 Å². The maximum atomic E-state index is 4.66. The van der Waals surface area contributed by atoms with Crippen LogP contribution in [0.15, 0.2) is 6.07 Å². The molecule has 0 aliphatic carbocycles. The summed E-state index contributed by atoms with van der Waals surface area (Å²) in [6.07, 6.45) is 0.879. The van der Waals surface area contributed by atoms with Crippen molar-refractivity contribution in [3.8, 4) is 0 Å². The topological polar surface area (TPSA) is 41.0 Å². The SMILES string of the molecule is CCNc1cc(N2CCSC(C)C2)nc(CC)n1. The van der Waals surface area contributed by atoms with Gasteiger partial charge in [0.25, 0.3) is 0 Å². The summed E-state index contributed by atoms with van der Waals surface area (Å²) in [7, 11) is 0. The molecule has 18 heavy (non-hydrogen) atoms. The van der Waals surface area contributed by atoms with Crippen LogP contribution < -0.4 is 10.2 Å². The number of hydrogen-bond acceptors (Lipinski definition) is 5. The normalized spacial score (nSPS) is 19.9. The Hall–Kier alpha value is -0.970. The summed E-state index contributed by atoms with van der Waals surface area (Å²) in [6.45, 7) is 9.53. The van der Waals surface area contributed by atoms with E-state index in [1.807, 2.05) is 11.8 Å². The van der Waals surface area contributed by atoms with E-state index in [1.54, 1.807) is 0 Å². The summed E-state index contributed by atoms with van der Waals surface area (Å²) >= 11 is 2.04. The van der Waals surface area contributed by atoms with Crippen molar-refractivity contribution in [2.24, 2.45) is 0 Å². The van der Waals surface area contributed by atoms with Gasteiger partial charge in [0, 0.05) is 43.1 Å². The molecule has 4 nitrogen and oxygen atoms in total. The first-order chi connectivity index (χ1) is 8.72. The molecule has 1 fully saturated rings. The number of nitrogens with one attached hydrogen (secondary N) is 1. The fraction of sp³-hybridized carbons (Fsp3) is 0.692. The zero-order valence-electron chi connectivity index (χ0n) is 11.4. The number of anilines is 2. The van der Waals surface area contributed by atoms with Gasteiger partial charge in [-0.2, -0.15) is 11.8 Å². The van der Waals surface area contributed by atoms with Gasteiger partial charge < -0.3 is 10.2 Å². The van der Waals surface area contributed by atoms with Crippen LogP contribution in [0.4, 0.5) is 11.6 Å². The first-order valence-electron chi connectivity index (χ1n) is 6.71. The van der Waals surface area contributed by atoms with Crippen LogP contribution in [0, 0.1) is 0 Å². The highest BCUT2D eigenvalue weighted by Crippen LogP contribution is 2.24. The van der Waals surface area contributed by atoms with Gasteiger partial charge in [0.1, 0.15) is 17.5 Å². The zero-order valence-corrected chi connectivity index (χ0v) is 12.3. The van der Waals surface area contributed by atoms with Gasteiger partial charge in [0.15, 0.2) is 0 Å². The highest BCUT2D eigenvalue weighted by Gasteiger charge is 2.19. The van der Waals surface area contributed by atoms with E-state index in [-0.39, 0.29) is 0 Å². The Balaban J connectivity index is 2.22. The average Bonchev–Trinajstić information content (AvgIpc) is 2.39. The van der Waals surface area contributed by atoms with Crippen LogP contribution >= 0.6 is 11.8 Å². The van der Waals surface area contributed by atoms with Crippen LogP contribution in [-0.4, -0.2) is 40.6 Å². The minimum Gasteiger partial charge on any atom is -0.370 e. The molecule has 1 unspecified atom stereocenters. The Morgan fingerprint density at radius 1 is 1.44 bits per heavy atom. The minimum absolute atomic E-state index is 0.682. The molecule has 1 aromatic rings. The number of aromatic nitrogens is 2. The number of rotatable bonds is 4. The standard InChI is InChI=1S/C13H22N4S/c1-4-11-15-12(14-5-2)8-13(16-11)17-6-7-18-10(3)9-17/h8,10H,4-7,9H2,1-3H3,(H,14,15,16). The lowest BCUT2D eigenvalue weighted by Gasteiger charge is -2.31. The molecule has 2 rings (SSSR count). The van der Waals surface area contributed by atoms with Crippen molar-refractivity contribution in [2.75, 3.05) is 35.6 Å². The van der Waals surface area contributed by atoms with Crippen LogP contribution in [0.3, 0.4) is 0 Å². The van der Waals surface area contributed by atoms with Crippen LogP contribution in [0.5, 0.6) is 0 Å². The lowest BCUT2D eigenvalue weighted by Crippen LogP contribution is -2.37. The molecular weight excluding hydrogens is 244 g/mol. The average molecular weight is 266 g/mol. The Kier molecular flexibility index (Phi) is 4.69. The molecule has 1 aromatic heterocycles. The van der Waals surface area contributed by atoms with Crippen LogP contribution in [0.2, 0.25) is 0 Å². The van der Waals surface area contributed by atoms with Crippen molar-refractivity contribution in [3.63, 3.8) is 0 Å². The maximum Gasteiger partial charge on any atom is 0.134 e. The Labute approximate surface area is 114 Å². The summed E-state index contributed by atoms with van der Waals surface area (Å²) in [6, 6.07) is 2.07. The van der Waals surface area contributed by atoms with Gasteiger partial charge >= 0.3 is 0 Å². The second-order valence-electron chi connectivity index (χ2n) is 4.54. The molecule has 1 aliphatic rings. The van der Waals surface area contributed by atoms with E-state index >= 15 is 0 Å². The smallest absolute Gasteiger partial charge is 0.134 e. The van der Waals surface area contributed by atoms with E-state index in [1.165, 1.54) is 5.75 Å². The van der Waals surface area contributed by atoms with E-state index in [2.05, 4.69) is 47.0 Å². The minimum atomic E-state index is 0.682. The quantitative estimate of drug-likeness (QED) is 0.906. The van der Waals surface area contributed by atoms with E-state index in [4.69, 9.17) is 0 Å². The lowest BCUT2D eigenvalue weighted by molar-refractivity contribution is 0.761. The van der Waals surface area contributed by atoms with Gasteiger partial charge in [-0.3, -0.25) is 0 Å². The summed E-state index contributed by atoms with van der Waals surface area (Å²) in [5, 5.41) is 3.97. The van der Waals surface area contributed by atoms with Crippen LogP contribution in [0.25, 0.3) is 0 Å². The van der Waals surface area contributed by atoms with Gasteiger partial charge in [-0.15, -0.1) is 0 Å². The number of hydrogen-bond donors (Lipinski definition) is 1. The number of nitrogens with zero attached hydrogens (tertiary/aromatic N) is 3. The molecule has 0 bridgehead atoms. The third kappa shape index (κ3) is 3.28. The molecule has 100 valence electrons. The molecular formula is C13H22N4S. The van der Waals surface area contributed by atoms with Crippen molar-refractivity contribution < 1.29 is 0 Å². The van der Waals surface area contributed by atoms with Crippen LogP contribution in [-0.2, 0) is 6.42 Å². The Morgan fingerprint density at radius 3 is 2.94 bits per heavy atom. The highest BCUT2D eigenvalue weighted by molar-refractivity contribution is 8.00. The predicted molar refractivity (Wildman–Crippen MR) is 79.7 cm³/mol. The molecule has 1 saturated heterocycles. The molecule has 1 aliphatic heterocycles. The van der Waals surface area contributed by atoms with Gasteiger partial charge in [-0.25, -0.2) is 9.97 Å². The molecule has 1 N–H and O–H groups in total. The number of thioether (sulfide) groups is 1. The van der Waals surface area contributed by atoms with Crippen molar-refractivity contribution in [2.45, 2.75) is 32.4 Å². The monoisotopic (exact) mass is 266 g/mol. The van der Waals surface area contributed by atoms with Crippen molar-refractivity contribution in [1.29, 1.82) is 0 Å². The van der Waals surface area contributed by atoms with Crippen molar-refractivity contribution >= 4 is 23.4 Å². The van der Waals surface area contributed by atoms with Gasteiger partial charge in [0.05, 0.1) is 0 Å². The van der Waals surface area contributed by atoms with Crippen LogP contribution in [0.1, 0.15) is 26.6 Å². The van der Waals surface area contributed by atoms with Gasteiger partial charge in [-0.05, 0) is 6.92 Å². The molecule has 1 atom stereocenters. The van der Waals surface area contributed by atoms with E-state index in [9.17, 15) is 0 Å². The van der Waals surface area contributed by atoms with E-state index < -0.39 is 0 Å². The lowest BCUT2D eigenvalue weighted by atomic mass is 10.3. The molecule has 5 heteroatoms. The largest absolute Gasteiger partial charge is 0.370 e. The molecule has 0 radical (unpaired) electrons. The van der Waals surface area contributed by atoms with Crippen molar-refractivity contribution in [3.05, 3.63) is 11.9 Å². The molecule has 0 amide bonds. The predicted octanol–water partition coefficient (Wildman–Crippen LogP) is 2.41. The highest BCUT2D eigenvalue weighted by atomic mass is 32.2. The first kappa shape index (κ1) is 13.5. The molecule has 0 aromatic carbocycles. The molecule has 2 heterocycles. The first-order valence-corrected chi connectivity index (χ1v) is 7.76. The Bertz CT molecular complexity index is 397. The van der Waals surface area contributed by atoms with Gasteiger partial charge in [0.2, 0.25) is 0 Å². The Morgan fingerprint density at radius 2 is 2.28 bits per heavy atom. The summed E-state index contributed by atoms with van der Waals surface area (Å²) in [5.74, 6) is 4.13. The third-order valence-electron chi connectivity index (χ3n) is 3.00. The van der Waals surface area contributed by atoms with E-state index in [0.717, 1.165) is 43.5 Å². The van der Waals surface area contributed by atoms with E-state index in [0.29, 0.717) is 5.25 Å². The summed E-state index contributed by atoms with van der Waals surface area (Å²) in [5.41, 5.74) is 0. The summed E-state index contributed by atoms with van der Waals surface area (Å²) < 4.78 is 0. The maximum absolute atomic E-state index is 4.66. The summed E-state index contributed by atoms with van der Waals surface area (Å²) in [4.78, 5) is 11.5. The second-order valence-corrected chi connectivity index (χ2v) is 6.09. The molecule has 0 saturated carbocycles. The zero-order chi connectivity index (χ0) is 13.0. The fourth-order valence-corrected chi connectivity index (χ4v) is 3.11.